The number of benzene rings is 2. The number of aryl methyl sites for hydroxylation is 1. The number of ether oxygens (including phenoxy) is 2. The molecule has 4 aromatic rings. The number of aromatic carboxylic acids is 1. The molecule has 2 aliphatic rings. The van der Waals surface area contributed by atoms with E-state index in [-0.39, 0.29) is 30.5 Å². The van der Waals surface area contributed by atoms with Gasteiger partial charge in [-0.25, -0.2) is 14.3 Å². The van der Waals surface area contributed by atoms with Crippen molar-refractivity contribution >= 4 is 34.9 Å². The minimum atomic E-state index is -1.05. The van der Waals surface area contributed by atoms with Gasteiger partial charge in [0, 0.05) is 40.0 Å². The number of carbonyl (C=O) groups is 3. The third kappa shape index (κ3) is 4.98. The first-order valence-corrected chi connectivity index (χ1v) is 14.6. The summed E-state index contributed by atoms with van der Waals surface area (Å²) in [7, 11) is 0. The summed E-state index contributed by atoms with van der Waals surface area (Å²) in [4.78, 5) is 38.9. The fourth-order valence-electron chi connectivity index (χ4n) is 5.85. The van der Waals surface area contributed by atoms with Gasteiger partial charge in [0.2, 0.25) is 0 Å². The number of hydrogen-bond acceptors (Lipinski definition) is 8. The number of rotatable bonds is 8. The molecule has 3 heterocycles. The molecule has 0 amide bonds. The molecule has 214 valence electrons. The predicted octanol–water partition coefficient (Wildman–Crippen LogP) is 5.84. The van der Waals surface area contributed by atoms with Crippen LogP contribution in [0.3, 0.4) is 0 Å². The lowest BCUT2D eigenvalue weighted by atomic mass is 9.73. The molecule has 2 atom stereocenters. The number of para-hydroxylation sites is 1. The number of nitrogens with one attached hydrogen (secondary N) is 1. The lowest BCUT2D eigenvalue weighted by molar-refractivity contribution is -0.145. The standard InChI is InChI=1S/C32H29N3O6S/c1-3-40-27(37)17-41-21-12-10-19(11-13-21)29-28-18(2)34-35(24-8-5-4-7-22(24)32(38)39)31(28)33-23-15-20(16-25(36)30(23)29)26-9-6-14-42-26/h4-14,20,29,33H,3,15-17H2,1-2H3,(H,38,39)/t20-,29-/m1/s1. The van der Waals surface area contributed by atoms with Crippen LogP contribution in [0.5, 0.6) is 5.75 Å². The van der Waals surface area contributed by atoms with Gasteiger partial charge in [-0.3, -0.25) is 4.79 Å². The van der Waals surface area contributed by atoms with Crippen LogP contribution in [0.2, 0.25) is 0 Å². The van der Waals surface area contributed by atoms with E-state index in [0.717, 1.165) is 21.7 Å². The summed E-state index contributed by atoms with van der Waals surface area (Å²) in [5.74, 6) is -0.649. The highest BCUT2D eigenvalue weighted by atomic mass is 32.1. The van der Waals surface area contributed by atoms with Crippen molar-refractivity contribution in [2.45, 2.75) is 38.5 Å². The van der Waals surface area contributed by atoms with Crippen molar-refractivity contribution in [2.24, 2.45) is 0 Å². The Kier molecular flexibility index (Phi) is 7.38. The molecule has 0 fully saturated rings. The van der Waals surface area contributed by atoms with Crippen molar-refractivity contribution < 1.29 is 29.0 Å². The summed E-state index contributed by atoms with van der Waals surface area (Å²) in [5.41, 5.74) is 4.45. The fraction of sp³-hybridized carbons (Fsp3) is 0.250. The van der Waals surface area contributed by atoms with Crippen LogP contribution in [0.25, 0.3) is 5.69 Å². The molecule has 2 aromatic carbocycles. The van der Waals surface area contributed by atoms with E-state index >= 15 is 0 Å². The number of carbonyl (C=O) groups excluding carboxylic acids is 2. The maximum atomic E-state index is 13.9. The zero-order valence-electron chi connectivity index (χ0n) is 23.1. The number of carboxylic acid groups (broad SMARTS) is 1. The van der Waals surface area contributed by atoms with Crippen LogP contribution in [0.4, 0.5) is 5.82 Å². The quantitative estimate of drug-likeness (QED) is 0.248. The molecule has 2 N–H and O–H groups in total. The van der Waals surface area contributed by atoms with Crippen molar-refractivity contribution in [3.05, 3.63) is 105 Å². The summed E-state index contributed by atoms with van der Waals surface area (Å²) in [6.45, 7) is 3.69. The first kappa shape index (κ1) is 27.5. The number of esters is 1. The highest BCUT2D eigenvalue weighted by Gasteiger charge is 2.41. The molecule has 0 saturated heterocycles. The van der Waals surface area contributed by atoms with Crippen molar-refractivity contribution in [3.8, 4) is 11.4 Å². The van der Waals surface area contributed by atoms with Crippen molar-refractivity contribution in [2.75, 3.05) is 18.5 Å². The Morgan fingerprint density at radius 3 is 2.60 bits per heavy atom. The second-order valence-corrected chi connectivity index (χ2v) is 11.2. The van der Waals surface area contributed by atoms with E-state index in [0.29, 0.717) is 41.4 Å². The second kappa shape index (κ2) is 11.3. The highest BCUT2D eigenvalue weighted by Crippen LogP contribution is 2.50. The molecule has 0 bridgehead atoms. The van der Waals surface area contributed by atoms with Gasteiger partial charge in [-0.2, -0.15) is 5.10 Å². The van der Waals surface area contributed by atoms with Gasteiger partial charge >= 0.3 is 11.9 Å². The van der Waals surface area contributed by atoms with E-state index < -0.39 is 17.9 Å². The topological polar surface area (TPSA) is 120 Å². The van der Waals surface area contributed by atoms with Gasteiger partial charge in [0.05, 0.1) is 23.6 Å². The van der Waals surface area contributed by atoms with Gasteiger partial charge in [0.1, 0.15) is 11.6 Å². The van der Waals surface area contributed by atoms with Gasteiger partial charge < -0.3 is 19.9 Å². The number of fused-ring (bicyclic) bond motifs is 1. The van der Waals surface area contributed by atoms with Gasteiger partial charge in [0.25, 0.3) is 0 Å². The Morgan fingerprint density at radius 2 is 1.88 bits per heavy atom. The van der Waals surface area contributed by atoms with Crippen LogP contribution in [-0.2, 0) is 14.3 Å². The average Bonchev–Trinajstić information content (AvgIpc) is 3.64. The number of aromatic nitrogens is 2. The third-order valence-corrected chi connectivity index (χ3v) is 8.68. The molecule has 0 saturated carbocycles. The molecule has 1 aliphatic heterocycles. The summed E-state index contributed by atoms with van der Waals surface area (Å²) < 4.78 is 12.2. The molecule has 0 unspecified atom stereocenters. The normalized spacial score (nSPS) is 17.7. The van der Waals surface area contributed by atoms with Crippen LogP contribution < -0.4 is 10.1 Å². The first-order valence-electron chi connectivity index (χ1n) is 13.7. The number of allylic oxidation sites excluding steroid dienone is 2. The van der Waals surface area contributed by atoms with Crippen LogP contribution in [0.15, 0.2) is 77.3 Å². The number of nitrogens with zero attached hydrogens (tertiary/aromatic N) is 2. The van der Waals surface area contributed by atoms with Crippen molar-refractivity contribution in [3.63, 3.8) is 0 Å². The summed E-state index contributed by atoms with van der Waals surface area (Å²) in [6, 6.07) is 18.1. The number of hydrogen-bond donors (Lipinski definition) is 2. The molecule has 10 heteroatoms. The Balaban J connectivity index is 1.45. The Bertz CT molecular complexity index is 1700. The van der Waals surface area contributed by atoms with Gasteiger partial charge in [0.15, 0.2) is 12.4 Å². The van der Waals surface area contributed by atoms with Crippen LogP contribution in [0, 0.1) is 6.92 Å². The van der Waals surface area contributed by atoms with E-state index in [2.05, 4.69) is 11.4 Å². The van der Waals surface area contributed by atoms with Crippen LogP contribution >= 0.6 is 11.3 Å². The monoisotopic (exact) mass is 583 g/mol. The summed E-state index contributed by atoms with van der Waals surface area (Å²) in [5, 5.41) is 20.3. The number of anilines is 1. The SMILES string of the molecule is CCOC(=O)COc1ccc([C@H]2C3=C(C[C@@H](c4cccs4)CC3=O)Nc3c2c(C)nn3-c2ccccc2C(=O)O)cc1. The molecule has 6 rings (SSSR count). The maximum Gasteiger partial charge on any atom is 0.344 e. The first-order chi connectivity index (χ1) is 20.4. The highest BCUT2D eigenvalue weighted by molar-refractivity contribution is 7.10. The Morgan fingerprint density at radius 1 is 1.10 bits per heavy atom. The maximum absolute atomic E-state index is 13.9. The van der Waals surface area contributed by atoms with Crippen molar-refractivity contribution in [1.29, 1.82) is 0 Å². The zero-order valence-corrected chi connectivity index (χ0v) is 23.9. The number of thiophene rings is 1. The lowest BCUT2D eigenvalue weighted by Gasteiger charge is -2.35. The molecule has 9 nitrogen and oxygen atoms in total. The minimum Gasteiger partial charge on any atom is -0.482 e. The molecular formula is C32H29N3O6S. The molecule has 42 heavy (non-hydrogen) atoms. The summed E-state index contributed by atoms with van der Waals surface area (Å²) in [6.07, 6.45) is 1.05. The summed E-state index contributed by atoms with van der Waals surface area (Å²) >= 11 is 1.64. The molecule has 0 radical (unpaired) electrons. The van der Waals surface area contributed by atoms with Gasteiger partial charge in [-0.1, -0.05) is 30.3 Å². The second-order valence-electron chi connectivity index (χ2n) is 10.2. The number of Topliss-reactive ketones (excluding diaryl/α,β-unsaturated/α-hetero) is 1. The smallest absolute Gasteiger partial charge is 0.344 e. The number of carboxylic acids is 1. The van der Waals surface area contributed by atoms with E-state index in [4.69, 9.17) is 14.6 Å². The van der Waals surface area contributed by atoms with E-state index in [1.54, 1.807) is 59.3 Å². The third-order valence-electron chi connectivity index (χ3n) is 7.64. The van der Waals surface area contributed by atoms with E-state index in [1.165, 1.54) is 0 Å². The Hall–Kier alpha value is -4.70. The van der Waals surface area contributed by atoms with E-state index in [1.807, 2.05) is 30.5 Å². The zero-order chi connectivity index (χ0) is 29.4. The molecule has 2 aromatic heterocycles. The molecule has 1 aliphatic carbocycles. The molecule has 0 spiro atoms. The Labute approximate surface area is 246 Å². The largest absolute Gasteiger partial charge is 0.482 e. The fourth-order valence-corrected chi connectivity index (χ4v) is 6.68. The van der Waals surface area contributed by atoms with Crippen LogP contribution in [-0.4, -0.2) is 45.8 Å². The predicted molar refractivity (Wildman–Crippen MR) is 158 cm³/mol. The lowest BCUT2D eigenvalue weighted by Crippen LogP contribution is -2.30. The molecular weight excluding hydrogens is 554 g/mol. The van der Waals surface area contributed by atoms with Gasteiger partial charge in [-0.15, -0.1) is 11.3 Å². The van der Waals surface area contributed by atoms with Gasteiger partial charge in [-0.05, 0) is 61.5 Å². The minimum absolute atomic E-state index is 0.0494. The average molecular weight is 584 g/mol. The number of ketones is 1. The van der Waals surface area contributed by atoms with E-state index in [9.17, 15) is 19.5 Å². The van der Waals surface area contributed by atoms with Crippen LogP contribution in [0.1, 0.15) is 63.7 Å². The van der Waals surface area contributed by atoms with Crippen molar-refractivity contribution in [1.82, 2.24) is 9.78 Å².